The largest absolute Gasteiger partial charge is 0.435 e. The molecule has 2 aromatic rings. The number of ether oxygens (including phenoxy) is 1. The normalized spacial score (nSPS) is 21.5. The average molecular weight is 440 g/mol. The van der Waals surface area contributed by atoms with Crippen LogP contribution in [0.3, 0.4) is 0 Å². The second-order valence-electron chi connectivity index (χ2n) is 7.56. The van der Waals surface area contributed by atoms with Gasteiger partial charge in [0.1, 0.15) is 23.7 Å². The Morgan fingerprint density at radius 1 is 1.29 bits per heavy atom. The van der Waals surface area contributed by atoms with Crippen LogP contribution in [0.2, 0.25) is 0 Å². The minimum atomic E-state index is -3.20. The fourth-order valence-corrected chi connectivity index (χ4v) is 3.64. The lowest BCUT2D eigenvalue weighted by Crippen LogP contribution is -2.49. The number of alkyl halides is 4. The predicted octanol–water partition coefficient (Wildman–Crippen LogP) is 3.32. The summed E-state index contributed by atoms with van der Waals surface area (Å²) >= 11 is 0. The van der Waals surface area contributed by atoms with Gasteiger partial charge in [0.05, 0.1) is 11.3 Å². The van der Waals surface area contributed by atoms with Crippen LogP contribution in [-0.2, 0) is 10.7 Å². The number of aromatic nitrogens is 3. The fourth-order valence-electron chi connectivity index (χ4n) is 3.64. The number of piperazine rings is 1. The van der Waals surface area contributed by atoms with E-state index in [1.165, 1.54) is 6.07 Å². The summed E-state index contributed by atoms with van der Waals surface area (Å²) < 4.78 is 60.5. The van der Waals surface area contributed by atoms with Crippen molar-refractivity contribution in [3.05, 3.63) is 29.6 Å². The fraction of sp³-hybridized carbons (Fsp3) is 0.474. The van der Waals surface area contributed by atoms with Gasteiger partial charge in [0, 0.05) is 38.2 Å². The molecule has 2 aliphatic heterocycles. The summed E-state index contributed by atoms with van der Waals surface area (Å²) in [7, 11) is 0. The van der Waals surface area contributed by atoms with Crippen molar-refractivity contribution in [2.45, 2.75) is 38.3 Å². The van der Waals surface area contributed by atoms with E-state index in [9.17, 15) is 22.4 Å². The van der Waals surface area contributed by atoms with Gasteiger partial charge in [0.25, 0.3) is 12.3 Å². The summed E-state index contributed by atoms with van der Waals surface area (Å²) in [6.45, 7) is 4.42. The number of carbonyl (C=O) groups excluding carboxylic acids is 1. The number of hydrogen-bond donors (Lipinski definition) is 2. The van der Waals surface area contributed by atoms with Gasteiger partial charge in [-0.05, 0) is 19.1 Å². The van der Waals surface area contributed by atoms with Gasteiger partial charge in [0.15, 0.2) is 6.10 Å². The first kappa shape index (κ1) is 21.2. The van der Waals surface area contributed by atoms with Crippen molar-refractivity contribution in [2.75, 3.05) is 29.9 Å². The Bertz CT molecular complexity index is 1000. The molecule has 0 bridgehead atoms. The number of hydrogen-bond acceptors (Lipinski definition) is 7. The average Bonchev–Trinajstić information content (AvgIpc) is 2.71. The first-order valence-electron chi connectivity index (χ1n) is 9.63. The summed E-state index contributed by atoms with van der Waals surface area (Å²) in [4.78, 5) is 25.8. The third-order valence-corrected chi connectivity index (χ3v) is 5.11. The van der Waals surface area contributed by atoms with Crippen LogP contribution in [0.5, 0.6) is 0 Å². The maximum Gasteiger partial charge on any atom is 0.413 e. The maximum atomic E-state index is 14.3. The van der Waals surface area contributed by atoms with Gasteiger partial charge in [-0.2, -0.15) is 0 Å². The zero-order chi connectivity index (χ0) is 22.3. The van der Waals surface area contributed by atoms with Crippen LogP contribution < -0.4 is 15.5 Å². The van der Waals surface area contributed by atoms with Crippen molar-refractivity contribution in [3.8, 4) is 11.4 Å². The van der Waals surface area contributed by atoms with Crippen molar-refractivity contribution >= 4 is 17.7 Å². The van der Waals surface area contributed by atoms with Gasteiger partial charge in [-0.3, -0.25) is 5.32 Å². The smallest absolute Gasteiger partial charge is 0.413 e. The van der Waals surface area contributed by atoms with Gasteiger partial charge in [-0.25, -0.2) is 37.3 Å². The minimum absolute atomic E-state index is 0.0377. The molecule has 4 heterocycles. The molecule has 2 aromatic heterocycles. The Hall–Kier alpha value is -3.02. The molecular formula is C19H20F4N6O2. The molecule has 1 fully saturated rings. The van der Waals surface area contributed by atoms with E-state index < -0.39 is 24.5 Å². The van der Waals surface area contributed by atoms with Gasteiger partial charge in [0.2, 0.25) is 0 Å². The Balaban J connectivity index is 1.88. The van der Waals surface area contributed by atoms with Crippen LogP contribution in [0, 0.1) is 0 Å². The zero-order valence-corrected chi connectivity index (χ0v) is 16.7. The molecule has 0 spiro atoms. The predicted molar refractivity (Wildman–Crippen MR) is 103 cm³/mol. The van der Waals surface area contributed by atoms with Gasteiger partial charge < -0.3 is 15.0 Å². The van der Waals surface area contributed by atoms with Crippen LogP contribution in [0.25, 0.3) is 11.4 Å². The van der Waals surface area contributed by atoms with Crippen molar-refractivity contribution in [3.63, 3.8) is 0 Å². The van der Waals surface area contributed by atoms with E-state index in [0.29, 0.717) is 19.6 Å². The van der Waals surface area contributed by atoms with E-state index in [2.05, 4.69) is 25.6 Å². The first-order chi connectivity index (χ1) is 14.6. The summed E-state index contributed by atoms with van der Waals surface area (Å²) in [5.41, 5.74) is -0.684. The zero-order valence-electron chi connectivity index (χ0n) is 16.7. The number of anilines is 2. The van der Waals surface area contributed by atoms with Crippen molar-refractivity contribution in [2.24, 2.45) is 0 Å². The molecule has 0 radical (unpaired) electrons. The van der Waals surface area contributed by atoms with Gasteiger partial charge >= 0.3 is 6.09 Å². The van der Waals surface area contributed by atoms with Crippen molar-refractivity contribution in [1.29, 1.82) is 0 Å². The molecule has 2 atom stereocenters. The number of halogens is 4. The molecule has 0 aromatic carbocycles. The number of cyclic esters (lactones) is 1. The lowest BCUT2D eigenvalue weighted by Gasteiger charge is -2.33. The van der Waals surface area contributed by atoms with Crippen LogP contribution in [-0.4, -0.2) is 53.1 Å². The van der Waals surface area contributed by atoms with E-state index in [4.69, 9.17) is 4.74 Å². The highest BCUT2D eigenvalue weighted by Crippen LogP contribution is 2.40. The van der Waals surface area contributed by atoms with Crippen molar-refractivity contribution in [1.82, 2.24) is 20.3 Å². The molecule has 2 aliphatic rings. The molecule has 4 rings (SSSR count). The molecule has 166 valence electrons. The summed E-state index contributed by atoms with van der Waals surface area (Å²) in [5.74, 6) is -3.09. The Kier molecular flexibility index (Phi) is 5.42. The number of nitrogens with zero attached hydrogens (tertiary/aromatic N) is 4. The molecule has 12 heteroatoms. The van der Waals surface area contributed by atoms with E-state index >= 15 is 0 Å². The molecule has 1 saturated heterocycles. The molecule has 8 nitrogen and oxygen atoms in total. The van der Waals surface area contributed by atoms with Crippen LogP contribution in [0.15, 0.2) is 18.5 Å². The van der Waals surface area contributed by atoms with Gasteiger partial charge in [-0.15, -0.1) is 0 Å². The van der Waals surface area contributed by atoms with E-state index in [-0.39, 0.29) is 40.2 Å². The van der Waals surface area contributed by atoms with E-state index in [0.717, 1.165) is 19.3 Å². The highest BCUT2D eigenvalue weighted by Gasteiger charge is 2.38. The standard InChI is InChI=1S/C19H20F4N6O2/c1-9-7-29(4-3-24-9)12-6-10(19(2,22)23)5-11(27-12)14-13-15(16(20)21)31-18(30)28-17(13)26-8-25-14/h5-6,8-9,15-16,24H,3-4,7H2,1-2H3,(H,25,26,28,30)/t9-,15+/m0/s1. The van der Waals surface area contributed by atoms with Crippen molar-refractivity contribution < 1.29 is 27.1 Å². The number of pyridine rings is 1. The molecular weight excluding hydrogens is 420 g/mol. The second-order valence-corrected chi connectivity index (χ2v) is 7.56. The highest BCUT2D eigenvalue weighted by atomic mass is 19.3. The monoisotopic (exact) mass is 440 g/mol. The Morgan fingerprint density at radius 2 is 2.06 bits per heavy atom. The number of fused-ring (bicyclic) bond motifs is 1. The minimum Gasteiger partial charge on any atom is -0.435 e. The molecule has 31 heavy (non-hydrogen) atoms. The first-order valence-corrected chi connectivity index (χ1v) is 9.63. The third-order valence-electron chi connectivity index (χ3n) is 5.11. The maximum absolute atomic E-state index is 14.3. The molecule has 1 amide bonds. The lowest BCUT2D eigenvalue weighted by atomic mass is 10.0. The summed E-state index contributed by atoms with van der Waals surface area (Å²) in [6.07, 6.45) is -5.05. The van der Waals surface area contributed by atoms with E-state index in [1.54, 1.807) is 0 Å². The lowest BCUT2D eigenvalue weighted by molar-refractivity contribution is -0.0170. The molecule has 0 saturated carbocycles. The second kappa shape index (κ2) is 7.91. The van der Waals surface area contributed by atoms with Crippen LogP contribution in [0.1, 0.15) is 31.1 Å². The number of amides is 1. The third kappa shape index (κ3) is 4.24. The number of rotatable bonds is 4. The Morgan fingerprint density at radius 3 is 2.74 bits per heavy atom. The van der Waals surface area contributed by atoms with Gasteiger partial charge in [-0.1, -0.05) is 0 Å². The van der Waals surface area contributed by atoms with E-state index in [1.807, 2.05) is 11.8 Å². The SMILES string of the molecule is C[C@H]1CN(c2cc(C(C)(F)F)cc(-c3ncnc4c3[C@H](C(F)F)OC(=O)N4)n2)CCN1. The van der Waals surface area contributed by atoms with Crippen LogP contribution in [0.4, 0.5) is 34.0 Å². The Labute approximate surface area is 175 Å². The summed E-state index contributed by atoms with van der Waals surface area (Å²) in [6, 6.07) is 2.51. The number of nitrogens with one attached hydrogen (secondary N) is 2. The molecule has 0 aliphatic carbocycles. The topological polar surface area (TPSA) is 92.3 Å². The molecule has 0 unspecified atom stereocenters. The summed E-state index contributed by atoms with van der Waals surface area (Å²) in [5, 5.41) is 5.50. The number of carbonyl (C=O) groups is 1. The molecule has 2 N–H and O–H groups in total. The quantitative estimate of drug-likeness (QED) is 0.705. The highest BCUT2D eigenvalue weighted by molar-refractivity contribution is 5.88. The van der Waals surface area contributed by atoms with Crippen LogP contribution >= 0.6 is 0 Å².